The molecule has 1 saturated heterocycles. The Morgan fingerprint density at radius 1 is 1.26 bits per heavy atom. The smallest absolute Gasteiger partial charge is 0.229 e. The Bertz CT molecular complexity index is 720. The van der Waals surface area contributed by atoms with Crippen molar-refractivity contribution < 1.29 is 14.0 Å². The van der Waals surface area contributed by atoms with Gasteiger partial charge in [0, 0.05) is 50.0 Å². The number of guanidine groups is 1. The Morgan fingerprint density at radius 2 is 1.93 bits per heavy atom. The summed E-state index contributed by atoms with van der Waals surface area (Å²) in [6.45, 7) is 5.23. The lowest BCUT2D eigenvalue weighted by Gasteiger charge is -2.28. The number of hydrogen-bond acceptors (Lipinski definition) is 3. The van der Waals surface area contributed by atoms with Gasteiger partial charge in [0.25, 0.3) is 0 Å². The fourth-order valence-electron chi connectivity index (χ4n) is 2.99. The van der Waals surface area contributed by atoms with Crippen LogP contribution in [-0.4, -0.2) is 49.4 Å². The van der Waals surface area contributed by atoms with E-state index in [0.717, 1.165) is 5.56 Å². The quantitative estimate of drug-likeness (QED) is 0.440. The number of hydrogen-bond donors (Lipinski definition) is 2. The lowest BCUT2D eigenvalue weighted by molar-refractivity contribution is -0.147. The predicted octanol–water partition coefficient (Wildman–Crippen LogP) is 2.46. The van der Waals surface area contributed by atoms with E-state index in [9.17, 15) is 14.0 Å². The molecule has 0 saturated carbocycles. The molecular weight excluding hydrogens is 371 g/mol. The fourth-order valence-corrected chi connectivity index (χ4v) is 3.42. The van der Waals surface area contributed by atoms with Gasteiger partial charge in [0.05, 0.1) is 0 Å². The van der Waals surface area contributed by atoms with E-state index in [0.29, 0.717) is 49.9 Å². The van der Waals surface area contributed by atoms with E-state index >= 15 is 0 Å². The number of likely N-dealkylation sites (tertiary alicyclic amines) is 1. The zero-order chi connectivity index (χ0) is 20.0. The van der Waals surface area contributed by atoms with E-state index in [4.69, 9.17) is 11.6 Å². The maximum Gasteiger partial charge on any atom is 0.229 e. The maximum atomic E-state index is 13.3. The molecule has 1 heterocycles. The van der Waals surface area contributed by atoms with Crippen LogP contribution in [0.4, 0.5) is 4.39 Å². The van der Waals surface area contributed by atoms with Gasteiger partial charge in [-0.1, -0.05) is 31.5 Å². The normalized spacial score (nSPS) is 15.9. The van der Waals surface area contributed by atoms with Gasteiger partial charge in [-0.25, -0.2) is 4.39 Å². The molecular formula is C19H26ClFN4O2. The minimum absolute atomic E-state index is 0.122. The number of nitrogens with one attached hydrogen (secondary N) is 2. The van der Waals surface area contributed by atoms with Gasteiger partial charge in [-0.05, 0) is 24.1 Å². The zero-order valence-electron chi connectivity index (χ0n) is 15.9. The van der Waals surface area contributed by atoms with Gasteiger partial charge >= 0.3 is 0 Å². The summed E-state index contributed by atoms with van der Waals surface area (Å²) < 4.78 is 13.3. The molecule has 0 aromatic heterocycles. The van der Waals surface area contributed by atoms with Crippen molar-refractivity contribution in [2.45, 2.75) is 38.5 Å². The number of piperidine rings is 1. The molecule has 8 heteroatoms. The number of rotatable bonds is 6. The van der Waals surface area contributed by atoms with Gasteiger partial charge in [0.2, 0.25) is 11.8 Å². The molecule has 148 valence electrons. The van der Waals surface area contributed by atoms with Gasteiger partial charge < -0.3 is 10.6 Å². The number of carbonyl (C=O) groups excluding carboxylic acids is 2. The van der Waals surface area contributed by atoms with E-state index in [1.807, 2.05) is 13.8 Å². The van der Waals surface area contributed by atoms with Gasteiger partial charge in [-0.15, -0.1) is 0 Å². The number of halogens is 2. The van der Waals surface area contributed by atoms with Crippen molar-refractivity contribution in [1.82, 2.24) is 15.5 Å². The average molecular weight is 397 g/mol. The monoisotopic (exact) mass is 396 g/mol. The summed E-state index contributed by atoms with van der Waals surface area (Å²) in [6.07, 6.45) is 1.47. The SMILES string of the molecule is CN=C(NCCN1C(=O)CCCC1=O)NCC(C)(C)c1ccc(F)cc1Cl. The minimum Gasteiger partial charge on any atom is -0.356 e. The minimum atomic E-state index is -0.369. The van der Waals surface area contributed by atoms with E-state index in [2.05, 4.69) is 15.6 Å². The first-order valence-corrected chi connectivity index (χ1v) is 9.35. The Morgan fingerprint density at radius 3 is 2.52 bits per heavy atom. The molecule has 2 amide bonds. The molecule has 0 aliphatic carbocycles. The van der Waals surface area contributed by atoms with Crippen LogP contribution in [0.5, 0.6) is 0 Å². The van der Waals surface area contributed by atoms with Crippen LogP contribution in [0.2, 0.25) is 5.02 Å². The number of amides is 2. The maximum absolute atomic E-state index is 13.3. The first-order chi connectivity index (χ1) is 12.7. The third-order valence-electron chi connectivity index (χ3n) is 4.59. The van der Waals surface area contributed by atoms with Crippen LogP contribution in [0.3, 0.4) is 0 Å². The molecule has 0 unspecified atom stereocenters. The lowest BCUT2D eigenvalue weighted by atomic mass is 9.84. The molecule has 1 aliphatic rings. The third kappa shape index (κ3) is 5.66. The van der Waals surface area contributed by atoms with Crippen LogP contribution in [0.25, 0.3) is 0 Å². The third-order valence-corrected chi connectivity index (χ3v) is 4.91. The first-order valence-electron chi connectivity index (χ1n) is 8.98. The van der Waals surface area contributed by atoms with Gasteiger partial charge in [0.15, 0.2) is 5.96 Å². The van der Waals surface area contributed by atoms with Crippen LogP contribution in [-0.2, 0) is 15.0 Å². The van der Waals surface area contributed by atoms with Crippen molar-refractivity contribution in [3.8, 4) is 0 Å². The van der Waals surface area contributed by atoms with Crippen molar-refractivity contribution in [3.63, 3.8) is 0 Å². The van der Waals surface area contributed by atoms with Crippen molar-refractivity contribution in [2.24, 2.45) is 4.99 Å². The number of carbonyl (C=O) groups is 2. The number of nitrogens with zero attached hydrogens (tertiary/aromatic N) is 2. The molecule has 1 aromatic carbocycles. The van der Waals surface area contributed by atoms with Crippen LogP contribution < -0.4 is 10.6 Å². The van der Waals surface area contributed by atoms with Crippen molar-refractivity contribution in [2.75, 3.05) is 26.7 Å². The summed E-state index contributed by atoms with van der Waals surface area (Å²) in [5.41, 5.74) is 0.472. The number of aliphatic imine (C=N–C) groups is 1. The predicted molar refractivity (Wildman–Crippen MR) is 104 cm³/mol. The molecule has 1 aromatic rings. The highest BCUT2D eigenvalue weighted by Crippen LogP contribution is 2.29. The Kier molecular flexibility index (Phi) is 7.18. The van der Waals surface area contributed by atoms with Gasteiger partial charge in [-0.3, -0.25) is 19.5 Å². The summed E-state index contributed by atoms with van der Waals surface area (Å²) in [7, 11) is 1.64. The topological polar surface area (TPSA) is 73.8 Å². The molecule has 1 aliphatic heterocycles. The Hall–Kier alpha value is -2.15. The van der Waals surface area contributed by atoms with Crippen molar-refractivity contribution in [3.05, 3.63) is 34.6 Å². The molecule has 2 rings (SSSR count). The molecule has 0 spiro atoms. The van der Waals surface area contributed by atoms with E-state index < -0.39 is 0 Å². The number of imide groups is 1. The molecule has 0 atom stereocenters. The van der Waals surface area contributed by atoms with Crippen molar-refractivity contribution >= 4 is 29.4 Å². The van der Waals surface area contributed by atoms with E-state index in [1.54, 1.807) is 13.1 Å². The summed E-state index contributed by atoms with van der Waals surface area (Å²) in [6, 6.07) is 4.38. The van der Waals surface area contributed by atoms with Crippen LogP contribution in [0.15, 0.2) is 23.2 Å². The molecule has 1 fully saturated rings. The molecule has 6 nitrogen and oxygen atoms in total. The summed E-state index contributed by atoms with van der Waals surface area (Å²) >= 11 is 6.18. The summed E-state index contributed by atoms with van der Waals surface area (Å²) in [5, 5.41) is 6.70. The lowest BCUT2D eigenvalue weighted by Crippen LogP contribution is -2.48. The highest BCUT2D eigenvalue weighted by molar-refractivity contribution is 6.31. The number of benzene rings is 1. The summed E-state index contributed by atoms with van der Waals surface area (Å²) in [4.78, 5) is 29.1. The second-order valence-corrected chi connectivity index (χ2v) is 7.56. The van der Waals surface area contributed by atoms with Crippen LogP contribution >= 0.6 is 11.6 Å². The average Bonchev–Trinajstić information content (AvgIpc) is 2.59. The Balaban J connectivity index is 1.87. The fraction of sp³-hybridized carbons (Fsp3) is 0.526. The second kappa shape index (κ2) is 9.17. The first kappa shape index (κ1) is 21.2. The van der Waals surface area contributed by atoms with Gasteiger partial charge in [0.1, 0.15) is 5.82 Å². The molecule has 0 radical (unpaired) electrons. The van der Waals surface area contributed by atoms with Gasteiger partial charge in [-0.2, -0.15) is 0 Å². The van der Waals surface area contributed by atoms with Crippen LogP contribution in [0, 0.1) is 5.82 Å². The summed E-state index contributed by atoms with van der Waals surface area (Å²) in [5.74, 6) is -0.0591. The second-order valence-electron chi connectivity index (χ2n) is 7.15. The van der Waals surface area contributed by atoms with E-state index in [-0.39, 0.29) is 23.0 Å². The largest absolute Gasteiger partial charge is 0.356 e. The molecule has 0 bridgehead atoms. The highest BCUT2D eigenvalue weighted by Gasteiger charge is 2.26. The zero-order valence-corrected chi connectivity index (χ0v) is 16.7. The standard InChI is InChI=1S/C19H26ClFN4O2/c1-19(2,14-8-7-13(21)11-15(14)20)12-24-18(22-3)23-9-10-25-16(26)5-4-6-17(25)27/h7-8,11H,4-6,9-10,12H2,1-3H3,(H2,22,23,24). The van der Waals surface area contributed by atoms with Crippen molar-refractivity contribution in [1.29, 1.82) is 0 Å². The van der Waals surface area contributed by atoms with Crippen LogP contribution in [0.1, 0.15) is 38.7 Å². The Labute approximate surface area is 164 Å². The molecule has 27 heavy (non-hydrogen) atoms. The van der Waals surface area contributed by atoms with E-state index in [1.165, 1.54) is 17.0 Å². The molecule has 2 N–H and O–H groups in total. The highest BCUT2D eigenvalue weighted by atomic mass is 35.5.